The molecule has 2 bridgehead atoms. The van der Waals surface area contributed by atoms with Crippen LogP contribution in [-0.4, -0.2) is 29.6 Å². The Morgan fingerprint density at radius 1 is 0.833 bits per heavy atom. The highest BCUT2D eigenvalue weighted by Gasteiger charge is 2.61. The molecule has 0 spiro atoms. The van der Waals surface area contributed by atoms with E-state index in [0.29, 0.717) is 39.8 Å². The average molecular weight is 642 g/mol. The maximum absolute atomic E-state index is 13.8. The summed E-state index contributed by atoms with van der Waals surface area (Å²) in [6.45, 7) is 2.65. The first-order chi connectivity index (χ1) is 20.5. The molecular weight excluding hydrogens is 616 g/mol. The Morgan fingerprint density at radius 3 is 1.90 bits per heavy atom. The number of amides is 2. The lowest BCUT2D eigenvalue weighted by atomic mass is 9.55. The van der Waals surface area contributed by atoms with Gasteiger partial charge in [-0.25, -0.2) is 0 Å². The number of hydrogen-bond acceptors (Lipinski definition) is 5. The van der Waals surface area contributed by atoms with Crippen LogP contribution in [0.5, 0.6) is 11.5 Å². The third-order valence-electron chi connectivity index (χ3n) is 8.38. The fourth-order valence-electron chi connectivity index (χ4n) is 6.70. The minimum absolute atomic E-state index is 0.167. The van der Waals surface area contributed by atoms with Crippen molar-refractivity contribution in [3.63, 3.8) is 0 Å². The molecule has 2 amide bonds. The van der Waals surface area contributed by atoms with Crippen LogP contribution in [0.2, 0.25) is 5.02 Å². The Balaban J connectivity index is 1.18. The second kappa shape index (κ2) is 10.7. The third kappa shape index (κ3) is 4.34. The van der Waals surface area contributed by atoms with Crippen LogP contribution >= 0.6 is 27.5 Å². The quantitative estimate of drug-likeness (QED) is 0.157. The maximum Gasteiger partial charge on any atom is 0.254 e. The number of ether oxygens (including phenoxy) is 2. The third-order valence-corrected chi connectivity index (χ3v) is 9.22. The Hall–Kier alpha value is -3.94. The SMILES string of the molecule is CCOc1cc(/C=N\N2C(=O)[C@@H]3C4c5ccccc5C(c5ccccc54)[C@@H]3C2=O)cc(Br)c1OCc1ccc(Cl)cc1. The zero-order valence-corrected chi connectivity index (χ0v) is 25.0. The molecule has 4 aromatic rings. The number of carbonyl (C=O) groups excluding carboxylic acids is 2. The van der Waals surface area contributed by atoms with Gasteiger partial charge < -0.3 is 9.47 Å². The van der Waals surface area contributed by atoms with E-state index in [1.54, 1.807) is 6.07 Å². The predicted octanol–water partition coefficient (Wildman–Crippen LogP) is 7.31. The largest absolute Gasteiger partial charge is 0.490 e. The van der Waals surface area contributed by atoms with Crippen LogP contribution in [0.4, 0.5) is 0 Å². The van der Waals surface area contributed by atoms with Crippen LogP contribution in [-0.2, 0) is 16.2 Å². The molecule has 0 unspecified atom stereocenters. The van der Waals surface area contributed by atoms with Crippen molar-refractivity contribution < 1.29 is 19.1 Å². The zero-order valence-electron chi connectivity index (χ0n) is 22.7. The van der Waals surface area contributed by atoms with Gasteiger partial charge in [0.2, 0.25) is 0 Å². The number of rotatable bonds is 7. The summed E-state index contributed by atoms with van der Waals surface area (Å²) >= 11 is 9.60. The first kappa shape index (κ1) is 26.9. The molecule has 0 saturated carbocycles. The lowest BCUT2D eigenvalue weighted by Gasteiger charge is -2.45. The second-order valence-electron chi connectivity index (χ2n) is 10.7. The van der Waals surface area contributed by atoms with Crippen molar-refractivity contribution in [2.45, 2.75) is 25.4 Å². The Labute approximate surface area is 257 Å². The smallest absolute Gasteiger partial charge is 0.254 e. The molecule has 0 aromatic heterocycles. The Bertz CT molecular complexity index is 1640. The highest BCUT2D eigenvalue weighted by molar-refractivity contribution is 9.10. The molecule has 0 N–H and O–H groups in total. The molecule has 8 heteroatoms. The predicted molar refractivity (Wildman–Crippen MR) is 164 cm³/mol. The van der Waals surface area contributed by atoms with Gasteiger partial charge in [0.05, 0.1) is 29.1 Å². The number of nitrogens with zero attached hydrogens (tertiary/aromatic N) is 2. The summed E-state index contributed by atoms with van der Waals surface area (Å²) in [6, 6.07) is 27.4. The molecule has 1 fully saturated rings. The highest BCUT2D eigenvalue weighted by Crippen LogP contribution is 2.61. The normalized spacial score (nSPS) is 21.8. The van der Waals surface area contributed by atoms with E-state index in [-0.39, 0.29) is 23.7 Å². The van der Waals surface area contributed by atoms with Gasteiger partial charge in [0.15, 0.2) is 11.5 Å². The van der Waals surface area contributed by atoms with E-state index in [4.69, 9.17) is 21.1 Å². The summed E-state index contributed by atoms with van der Waals surface area (Å²) in [5.41, 5.74) is 6.16. The highest BCUT2D eigenvalue weighted by atomic mass is 79.9. The first-order valence-electron chi connectivity index (χ1n) is 13.9. The maximum atomic E-state index is 13.8. The molecule has 1 heterocycles. The Morgan fingerprint density at radius 2 is 1.38 bits per heavy atom. The van der Waals surface area contributed by atoms with Gasteiger partial charge >= 0.3 is 0 Å². The summed E-state index contributed by atoms with van der Waals surface area (Å²) in [5, 5.41) is 6.19. The minimum Gasteiger partial charge on any atom is -0.490 e. The number of halogens is 2. The molecule has 4 aliphatic rings. The summed E-state index contributed by atoms with van der Waals surface area (Å²) in [6.07, 6.45) is 1.53. The molecule has 8 rings (SSSR count). The monoisotopic (exact) mass is 640 g/mol. The van der Waals surface area contributed by atoms with Crippen molar-refractivity contribution in [2.24, 2.45) is 16.9 Å². The summed E-state index contributed by atoms with van der Waals surface area (Å²) in [5.74, 6) is -0.716. The van der Waals surface area contributed by atoms with Crippen molar-refractivity contribution in [3.05, 3.63) is 128 Å². The molecule has 4 aromatic carbocycles. The molecule has 1 aliphatic heterocycles. The lowest BCUT2D eigenvalue weighted by molar-refractivity contribution is -0.139. The number of hydrogen-bond donors (Lipinski definition) is 0. The van der Waals surface area contributed by atoms with Crippen LogP contribution in [0.15, 0.2) is 94.5 Å². The molecule has 6 nitrogen and oxygen atoms in total. The summed E-state index contributed by atoms with van der Waals surface area (Å²) in [4.78, 5) is 27.7. The summed E-state index contributed by atoms with van der Waals surface area (Å²) in [7, 11) is 0. The van der Waals surface area contributed by atoms with Crippen LogP contribution in [0.25, 0.3) is 0 Å². The first-order valence-corrected chi connectivity index (χ1v) is 15.1. The van der Waals surface area contributed by atoms with Gasteiger partial charge in [0, 0.05) is 16.9 Å². The number of imide groups is 1. The van der Waals surface area contributed by atoms with E-state index in [0.717, 1.165) is 32.8 Å². The van der Waals surface area contributed by atoms with E-state index < -0.39 is 11.8 Å². The van der Waals surface area contributed by atoms with Gasteiger partial charge in [-0.3, -0.25) is 9.59 Å². The van der Waals surface area contributed by atoms with Gasteiger partial charge in [-0.15, -0.1) is 0 Å². The minimum atomic E-state index is -0.473. The van der Waals surface area contributed by atoms with Crippen LogP contribution in [0.3, 0.4) is 0 Å². The lowest BCUT2D eigenvalue weighted by Crippen LogP contribution is -2.41. The molecule has 1 saturated heterocycles. The number of hydrazone groups is 1. The average Bonchev–Trinajstić information content (AvgIpc) is 3.26. The van der Waals surface area contributed by atoms with Crippen molar-refractivity contribution in [1.29, 1.82) is 0 Å². The standard InChI is InChI=1S/C34H26BrClN2O4/c1-2-41-27-16-20(15-26(35)32(27)42-18-19-11-13-21(36)14-12-19)17-37-38-33(39)30-28-22-7-3-4-8-23(22)29(31(30)34(38)40)25-10-6-5-9-24(25)28/h3-17,28-31H,2,18H2,1H3/b37-17-/t28?,29?,30-,31+. The number of carbonyl (C=O) groups is 2. The van der Waals surface area contributed by atoms with Gasteiger partial charge in [0.25, 0.3) is 11.8 Å². The fraction of sp³-hybridized carbons (Fsp3) is 0.206. The van der Waals surface area contributed by atoms with Gasteiger partial charge in [-0.05, 0) is 80.5 Å². The molecule has 210 valence electrons. The molecule has 0 radical (unpaired) electrons. The molecule has 42 heavy (non-hydrogen) atoms. The molecule has 2 atom stereocenters. The van der Waals surface area contributed by atoms with Crippen molar-refractivity contribution in [2.75, 3.05) is 6.61 Å². The Kier molecular flexibility index (Phi) is 6.87. The van der Waals surface area contributed by atoms with Crippen molar-refractivity contribution >= 4 is 45.6 Å². The van der Waals surface area contributed by atoms with E-state index in [1.165, 1.54) is 6.21 Å². The van der Waals surface area contributed by atoms with Crippen LogP contribution in [0.1, 0.15) is 52.1 Å². The van der Waals surface area contributed by atoms with E-state index in [9.17, 15) is 9.59 Å². The zero-order chi connectivity index (χ0) is 29.0. The van der Waals surface area contributed by atoms with Gasteiger partial charge in [0.1, 0.15) is 6.61 Å². The molecule has 3 aliphatic carbocycles. The fourth-order valence-corrected chi connectivity index (χ4v) is 7.40. The number of benzene rings is 4. The summed E-state index contributed by atoms with van der Waals surface area (Å²) < 4.78 is 12.6. The second-order valence-corrected chi connectivity index (χ2v) is 12.0. The van der Waals surface area contributed by atoms with Crippen LogP contribution < -0.4 is 9.47 Å². The van der Waals surface area contributed by atoms with Crippen molar-refractivity contribution in [1.82, 2.24) is 5.01 Å². The van der Waals surface area contributed by atoms with Gasteiger partial charge in [-0.2, -0.15) is 10.1 Å². The topological polar surface area (TPSA) is 68.2 Å². The van der Waals surface area contributed by atoms with Crippen LogP contribution in [0, 0.1) is 11.8 Å². The van der Waals surface area contributed by atoms with E-state index in [1.807, 2.05) is 61.5 Å². The van der Waals surface area contributed by atoms with Gasteiger partial charge in [-0.1, -0.05) is 72.3 Å². The molecular formula is C34H26BrClN2O4. The van der Waals surface area contributed by atoms with E-state index >= 15 is 0 Å². The van der Waals surface area contributed by atoms with Crippen molar-refractivity contribution in [3.8, 4) is 11.5 Å². The van der Waals surface area contributed by atoms with E-state index in [2.05, 4.69) is 45.3 Å².